The van der Waals surface area contributed by atoms with Gasteiger partial charge in [-0.25, -0.2) is 0 Å². The van der Waals surface area contributed by atoms with E-state index in [1.807, 2.05) is 6.07 Å². The Bertz CT molecular complexity index is 427. The molecule has 1 aliphatic carbocycles. The molecule has 1 heterocycles. The lowest BCUT2D eigenvalue weighted by molar-refractivity contribution is -0.142. The highest BCUT2D eigenvalue weighted by Crippen LogP contribution is 2.24. The Kier molecular flexibility index (Phi) is 5.55. The van der Waals surface area contributed by atoms with Crippen LogP contribution in [-0.4, -0.2) is 42.8 Å². The Labute approximate surface area is 119 Å². The third-order valence-corrected chi connectivity index (χ3v) is 3.66. The number of aromatic nitrogens is 1. The first-order chi connectivity index (χ1) is 9.72. The molecule has 112 valence electrons. The number of methoxy groups -OCH3 is 2. The van der Waals surface area contributed by atoms with Gasteiger partial charge in [-0.2, -0.15) is 0 Å². The van der Waals surface area contributed by atoms with Crippen LogP contribution in [0.1, 0.15) is 37.1 Å². The maximum Gasteiger partial charge on any atom is 0.319 e. The predicted octanol–water partition coefficient (Wildman–Crippen LogP) is 1.74. The number of hydrogen-bond acceptors (Lipinski definition) is 6. The van der Waals surface area contributed by atoms with Gasteiger partial charge in [0.2, 0.25) is 0 Å². The zero-order valence-corrected chi connectivity index (χ0v) is 12.1. The number of carbonyl (C=O) groups is 1. The van der Waals surface area contributed by atoms with Crippen LogP contribution in [0.3, 0.4) is 0 Å². The summed E-state index contributed by atoms with van der Waals surface area (Å²) in [6.07, 6.45) is 4.69. The maximum absolute atomic E-state index is 11.5. The minimum Gasteiger partial charge on any atom is -0.468 e. The fraction of sp³-hybridized carbons (Fsp3) is 0.714. The molecule has 0 bridgehead atoms. The Morgan fingerprint density at radius 3 is 2.85 bits per heavy atom. The van der Waals surface area contributed by atoms with Crippen molar-refractivity contribution < 1.29 is 18.8 Å². The normalized spacial score (nSPS) is 15.9. The van der Waals surface area contributed by atoms with Gasteiger partial charge in [0, 0.05) is 25.8 Å². The molecule has 0 unspecified atom stereocenters. The van der Waals surface area contributed by atoms with Crippen molar-refractivity contribution in [3.63, 3.8) is 0 Å². The molecular weight excluding hydrogens is 260 g/mol. The van der Waals surface area contributed by atoms with Gasteiger partial charge in [-0.1, -0.05) is 18.0 Å². The van der Waals surface area contributed by atoms with Crippen molar-refractivity contribution in [2.75, 3.05) is 20.8 Å². The lowest BCUT2D eigenvalue weighted by Gasteiger charge is -2.26. The Hall–Kier alpha value is -1.40. The minimum atomic E-state index is -0.211. The largest absolute Gasteiger partial charge is 0.468 e. The van der Waals surface area contributed by atoms with Gasteiger partial charge in [0.05, 0.1) is 19.3 Å². The third kappa shape index (κ3) is 4.05. The Morgan fingerprint density at radius 1 is 1.45 bits per heavy atom. The molecule has 1 aliphatic rings. The molecule has 1 saturated carbocycles. The molecule has 1 aromatic heterocycles. The van der Waals surface area contributed by atoms with E-state index in [1.165, 1.54) is 20.0 Å². The quantitative estimate of drug-likeness (QED) is 0.710. The Morgan fingerprint density at radius 2 is 2.20 bits per heavy atom. The molecule has 0 spiro atoms. The first-order valence-electron chi connectivity index (χ1n) is 6.97. The van der Waals surface area contributed by atoms with Crippen LogP contribution in [0.25, 0.3) is 0 Å². The van der Waals surface area contributed by atoms with Crippen molar-refractivity contribution in [2.45, 2.75) is 44.9 Å². The van der Waals surface area contributed by atoms with Gasteiger partial charge in [-0.05, 0) is 12.8 Å². The number of carbonyl (C=O) groups excluding carboxylic acids is 1. The van der Waals surface area contributed by atoms with Gasteiger partial charge in [-0.15, -0.1) is 0 Å². The molecule has 1 aromatic rings. The average molecular weight is 282 g/mol. The molecule has 20 heavy (non-hydrogen) atoms. The lowest BCUT2D eigenvalue weighted by atomic mass is 10.2. The van der Waals surface area contributed by atoms with E-state index in [2.05, 4.69) is 10.1 Å². The van der Waals surface area contributed by atoms with Crippen LogP contribution in [0.4, 0.5) is 0 Å². The van der Waals surface area contributed by atoms with E-state index in [0.717, 1.165) is 18.5 Å². The van der Waals surface area contributed by atoms with Gasteiger partial charge >= 0.3 is 5.97 Å². The van der Waals surface area contributed by atoms with Crippen LogP contribution in [0.5, 0.6) is 0 Å². The van der Waals surface area contributed by atoms with Gasteiger partial charge < -0.3 is 14.0 Å². The number of hydrogen-bond donors (Lipinski definition) is 0. The van der Waals surface area contributed by atoms with Crippen LogP contribution in [0.15, 0.2) is 10.6 Å². The summed E-state index contributed by atoms with van der Waals surface area (Å²) in [5.41, 5.74) is 0.827. The lowest BCUT2D eigenvalue weighted by Crippen LogP contribution is -2.37. The van der Waals surface area contributed by atoms with E-state index in [4.69, 9.17) is 14.0 Å². The summed E-state index contributed by atoms with van der Waals surface area (Å²) in [6.45, 7) is 1.31. The van der Waals surface area contributed by atoms with E-state index in [1.54, 1.807) is 7.11 Å². The van der Waals surface area contributed by atoms with Gasteiger partial charge in [0.1, 0.15) is 6.61 Å². The summed E-state index contributed by atoms with van der Waals surface area (Å²) in [5.74, 6) is 0.490. The summed E-state index contributed by atoms with van der Waals surface area (Å²) >= 11 is 0. The van der Waals surface area contributed by atoms with E-state index in [-0.39, 0.29) is 5.97 Å². The molecule has 0 atom stereocenters. The topological polar surface area (TPSA) is 64.8 Å². The molecule has 0 amide bonds. The number of rotatable bonds is 7. The van der Waals surface area contributed by atoms with Crippen molar-refractivity contribution in [3.8, 4) is 0 Å². The first kappa shape index (κ1) is 15.0. The van der Waals surface area contributed by atoms with Crippen LogP contribution in [0.2, 0.25) is 0 Å². The van der Waals surface area contributed by atoms with Crippen LogP contribution in [0, 0.1) is 0 Å². The van der Waals surface area contributed by atoms with Crippen LogP contribution >= 0.6 is 0 Å². The van der Waals surface area contributed by atoms with E-state index >= 15 is 0 Å². The molecule has 0 aliphatic heterocycles. The average Bonchev–Trinajstić information content (AvgIpc) is 3.09. The molecule has 0 radical (unpaired) electrons. The summed E-state index contributed by atoms with van der Waals surface area (Å²) in [4.78, 5) is 13.7. The molecule has 6 nitrogen and oxygen atoms in total. The number of esters is 1. The molecule has 2 rings (SSSR count). The smallest absolute Gasteiger partial charge is 0.319 e. The second-order valence-corrected chi connectivity index (χ2v) is 5.14. The van der Waals surface area contributed by atoms with Crippen molar-refractivity contribution in [2.24, 2.45) is 0 Å². The second-order valence-electron chi connectivity index (χ2n) is 5.14. The summed E-state index contributed by atoms with van der Waals surface area (Å²) in [6, 6.07) is 2.31. The van der Waals surface area contributed by atoms with E-state index in [9.17, 15) is 4.79 Å². The monoisotopic (exact) mass is 282 g/mol. The summed E-state index contributed by atoms with van der Waals surface area (Å²) in [7, 11) is 3.03. The molecule has 6 heteroatoms. The standard InChI is InChI=1S/C14H22N2O4/c1-18-10-13-7-11(15-20-13)8-16(9-14(17)19-2)12-5-3-4-6-12/h7,12H,3-6,8-10H2,1-2H3. The van der Waals surface area contributed by atoms with Crippen molar-refractivity contribution >= 4 is 5.97 Å². The number of ether oxygens (including phenoxy) is 2. The predicted molar refractivity (Wildman–Crippen MR) is 71.9 cm³/mol. The highest BCUT2D eigenvalue weighted by molar-refractivity contribution is 5.71. The van der Waals surface area contributed by atoms with Crippen LogP contribution in [-0.2, 0) is 27.4 Å². The Balaban J connectivity index is 1.99. The van der Waals surface area contributed by atoms with Crippen molar-refractivity contribution in [1.82, 2.24) is 10.1 Å². The second kappa shape index (κ2) is 7.40. The summed E-state index contributed by atoms with van der Waals surface area (Å²) in [5, 5.41) is 4.03. The van der Waals surface area contributed by atoms with E-state index in [0.29, 0.717) is 31.5 Å². The van der Waals surface area contributed by atoms with E-state index < -0.39 is 0 Å². The fourth-order valence-electron chi connectivity index (χ4n) is 2.66. The molecular formula is C14H22N2O4. The zero-order valence-electron chi connectivity index (χ0n) is 12.1. The third-order valence-electron chi connectivity index (χ3n) is 3.66. The van der Waals surface area contributed by atoms with Crippen molar-refractivity contribution in [1.29, 1.82) is 0 Å². The van der Waals surface area contributed by atoms with Gasteiger partial charge in [0.15, 0.2) is 5.76 Å². The SMILES string of the molecule is COCc1cc(CN(CC(=O)OC)C2CCCC2)no1. The van der Waals surface area contributed by atoms with Gasteiger partial charge in [-0.3, -0.25) is 9.69 Å². The minimum absolute atomic E-state index is 0.211. The van der Waals surface area contributed by atoms with Gasteiger partial charge in [0.25, 0.3) is 0 Å². The van der Waals surface area contributed by atoms with Crippen molar-refractivity contribution in [3.05, 3.63) is 17.5 Å². The fourth-order valence-corrected chi connectivity index (χ4v) is 2.66. The zero-order chi connectivity index (χ0) is 14.4. The van der Waals surface area contributed by atoms with Crippen LogP contribution < -0.4 is 0 Å². The highest BCUT2D eigenvalue weighted by Gasteiger charge is 2.25. The molecule has 0 saturated heterocycles. The maximum atomic E-state index is 11.5. The molecule has 1 fully saturated rings. The molecule has 0 aromatic carbocycles. The first-order valence-corrected chi connectivity index (χ1v) is 6.97. The molecule has 0 N–H and O–H groups in total. The summed E-state index contributed by atoms with van der Waals surface area (Å²) < 4.78 is 15.0. The number of nitrogens with zero attached hydrogens (tertiary/aromatic N) is 2. The highest BCUT2D eigenvalue weighted by atomic mass is 16.5.